The number of benzene rings is 2. The Bertz CT molecular complexity index is 901. The molecule has 5 nitrogen and oxygen atoms in total. The first-order valence-electron chi connectivity index (χ1n) is 7.69. The molecule has 26 heavy (non-hydrogen) atoms. The van der Waals surface area contributed by atoms with E-state index >= 15 is 0 Å². The quantitative estimate of drug-likeness (QED) is 0.417. The van der Waals surface area contributed by atoms with Crippen LogP contribution in [0.3, 0.4) is 0 Å². The molecule has 0 radical (unpaired) electrons. The van der Waals surface area contributed by atoms with Gasteiger partial charge in [-0.05, 0) is 43.3 Å². The summed E-state index contributed by atoms with van der Waals surface area (Å²) in [6.45, 7) is 1.67. The molecule has 134 valence electrons. The predicted octanol–water partition coefficient (Wildman–Crippen LogP) is 4.98. The molecule has 0 aliphatic rings. The molecule has 0 amide bonds. The summed E-state index contributed by atoms with van der Waals surface area (Å²) < 4.78 is 24.6. The minimum atomic E-state index is -0.624. The third-order valence-corrected chi connectivity index (χ3v) is 4.47. The summed E-state index contributed by atoms with van der Waals surface area (Å²) >= 11 is 6.93. The average Bonchev–Trinajstić information content (AvgIpc) is 3.11. The molecule has 0 saturated heterocycles. The summed E-state index contributed by atoms with van der Waals surface area (Å²) in [5.41, 5.74) is 0.554. The Morgan fingerprint density at radius 3 is 2.69 bits per heavy atom. The highest BCUT2D eigenvalue weighted by molar-refractivity contribution is 7.99. The fraction of sp³-hybridized carbons (Fsp3) is 0.167. The van der Waals surface area contributed by atoms with Crippen LogP contribution in [0.15, 0.2) is 58.2 Å². The summed E-state index contributed by atoms with van der Waals surface area (Å²) in [4.78, 5) is 12.1. The molecule has 0 aliphatic heterocycles. The van der Waals surface area contributed by atoms with Crippen LogP contribution >= 0.6 is 23.4 Å². The average molecular weight is 393 g/mol. The Morgan fingerprint density at radius 2 is 1.96 bits per heavy atom. The molecule has 0 saturated carbocycles. The zero-order valence-electron chi connectivity index (χ0n) is 13.7. The van der Waals surface area contributed by atoms with Crippen LogP contribution in [0, 0.1) is 5.82 Å². The molecule has 1 atom stereocenters. The van der Waals surface area contributed by atoms with Crippen molar-refractivity contribution in [3.05, 3.63) is 70.8 Å². The number of halogens is 2. The highest BCUT2D eigenvalue weighted by Gasteiger charge is 2.18. The summed E-state index contributed by atoms with van der Waals surface area (Å²) in [6.07, 6.45) is -0.624. The van der Waals surface area contributed by atoms with Crippen LogP contribution in [0.1, 0.15) is 29.3 Å². The first-order valence-corrected chi connectivity index (χ1v) is 9.05. The third kappa shape index (κ3) is 4.62. The Labute approximate surface area is 158 Å². The van der Waals surface area contributed by atoms with Gasteiger partial charge in [0, 0.05) is 10.6 Å². The number of aromatic nitrogens is 2. The van der Waals surface area contributed by atoms with Crippen molar-refractivity contribution in [2.24, 2.45) is 0 Å². The van der Waals surface area contributed by atoms with Gasteiger partial charge in [0.15, 0.2) is 23.5 Å². The number of carbonyl (C=O) groups is 1. The second kappa shape index (κ2) is 8.33. The number of rotatable bonds is 7. The van der Waals surface area contributed by atoms with E-state index in [1.165, 1.54) is 12.1 Å². The summed E-state index contributed by atoms with van der Waals surface area (Å²) in [5.74, 6) is -0.102. The fourth-order valence-electron chi connectivity index (χ4n) is 2.07. The zero-order chi connectivity index (χ0) is 18.5. The van der Waals surface area contributed by atoms with E-state index < -0.39 is 11.9 Å². The van der Waals surface area contributed by atoms with E-state index in [4.69, 9.17) is 20.8 Å². The van der Waals surface area contributed by atoms with Crippen LogP contribution in [0.5, 0.6) is 5.75 Å². The van der Waals surface area contributed by atoms with Crippen molar-refractivity contribution < 1.29 is 18.3 Å². The lowest BCUT2D eigenvalue weighted by Crippen LogP contribution is -2.04. The van der Waals surface area contributed by atoms with Crippen LogP contribution in [-0.2, 0) is 0 Å². The summed E-state index contributed by atoms with van der Waals surface area (Å²) in [5, 5.41) is 8.58. The SMILES string of the molecule is C[C@@H](Oc1ccccc1F)c1nnc(SCC(=O)c2ccc(Cl)cc2)o1. The van der Waals surface area contributed by atoms with E-state index in [1.54, 1.807) is 43.3 Å². The van der Waals surface area contributed by atoms with Crippen molar-refractivity contribution >= 4 is 29.1 Å². The van der Waals surface area contributed by atoms with Crippen molar-refractivity contribution in [3.8, 4) is 5.75 Å². The van der Waals surface area contributed by atoms with Crippen LogP contribution in [-0.4, -0.2) is 21.7 Å². The first kappa shape index (κ1) is 18.4. The van der Waals surface area contributed by atoms with E-state index in [9.17, 15) is 9.18 Å². The number of nitrogens with zero attached hydrogens (tertiary/aromatic N) is 2. The zero-order valence-corrected chi connectivity index (χ0v) is 15.3. The van der Waals surface area contributed by atoms with Crippen LogP contribution < -0.4 is 4.74 Å². The van der Waals surface area contributed by atoms with Gasteiger partial charge in [-0.2, -0.15) is 0 Å². The predicted molar refractivity (Wildman–Crippen MR) is 96.2 cm³/mol. The topological polar surface area (TPSA) is 65.2 Å². The number of hydrogen-bond acceptors (Lipinski definition) is 6. The maximum absolute atomic E-state index is 13.6. The van der Waals surface area contributed by atoms with Crippen LogP contribution in [0.2, 0.25) is 5.02 Å². The number of Topliss-reactive ketones (excluding diaryl/α,β-unsaturated/α-hetero) is 1. The maximum Gasteiger partial charge on any atom is 0.277 e. The smallest absolute Gasteiger partial charge is 0.277 e. The lowest BCUT2D eigenvalue weighted by Gasteiger charge is -2.11. The molecule has 1 heterocycles. The van der Waals surface area contributed by atoms with Crippen molar-refractivity contribution in [1.29, 1.82) is 0 Å². The number of thioether (sulfide) groups is 1. The fourth-order valence-corrected chi connectivity index (χ4v) is 2.86. The lowest BCUT2D eigenvalue weighted by atomic mass is 10.1. The van der Waals surface area contributed by atoms with E-state index in [1.807, 2.05) is 0 Å². The molecular weight excluding hydrogens is 379 g/mol. The van der Waals surface area contributed by atoms with Crippen LogP contribution in [0.4, 0.5) is 4.39 Å². The van der Waals surface area contributed by atoms with Gasteiger partial charge in [-0.3, -0.25) is 4.79 Å². The second-order valence-corrected chi connectivity index (χ2v) is 6.68. The highest BCUT2D eigenvalue weighted by atomic mass is 35.5. The monoisotopic (exact) mass is 392 g/mol. The van der Waals surface area contributed by atoms with Gasteiger partial charge in [-0.1, -0.05) is 35.5 Å². The second-order valence-electron chi connectivity index (χ2n) is 5.32. The van der Waals surface area contributed by atoms with Gasteiger partial charge in [0.1, 0.15) is 0 Å². The van der Waals surface area contributed by atoms with Gasteiger partial charge in [0.05, 0.1) is 5.75 Å². The molecule has 8 heteroatoms. The molecule has 3 rings (SSSR count). The molecule has 0 unspecified atom stereocenters. The van der Waals surface area contributed by atoms with E-state index in [-0.39, 0.29) is 28.4 Å². The standard InChI is InChI=1S/C18H14ClFN2O3S/c1-11(24-16-5-3-2-4-14(16)20)17-21-22-18(25-17)26-10-15(23)12-6-8-13(19)9-7-12/h2-9,11H,10H2,1H3/t11-/m1/s1. The molecule has 0 N–H and O–H groups in total. The molecule has 0 aliphatic carbocycles. The lowest BCUT2D eigenvalue weighted by molar-refractivity contribution is 0.102. The van der Waals surface area contributed by atoms with Gasteiger partial charge in [0.2, 0.25) is 0 Å². The Morgan fingerprint density at radius 1 is 1.23 bits per heavy atom. The van der Waals surface area contributed by atoms with Crippen molar-refractivity contribution in [2.75, 3.05) is 5.75 Å². The van der Waals surface area contributed by atoms with Crippen LogP contribution in [0.25, 0.3) is 0 Å². The Kier molecular flexibility index (Phi) is 5.90. The molecule has 0 bridgehead atoms. The molecule has 0 spiro atoms. The van der Waals surface area contributed by atoms with Gasteiger partial charge >= 0.3 is 0 Å². The number of ether oxygens (including phenoxy) is 1. The first-order chi connectivity index (χ1) is 12.5. The van der Waals surface area contributed by atoms with Crippen molar-refractivity contribution in [1.82, 2.24) is 10.2 Å². The number of carbonyl (C=O) groups excluding carboxylic acids is 1. The summed E-state index contributed by atoms with van der Waals surface area (Å²) in [6, 6.07) is 12.7. The Hall–Kier alpha value is -2.38. The third-order valence-electron chi connectivity index (χ3n) is 3.40. The van der Waals surface area contributed by atoms with E-state index in [2.05, 4.69) is 10.2 Å². The minimum absolute atomic E-state index is 0.0814. The van der Waals surface area contributed by atoms with Crippen molar-refractivity contribution in [2.45, 2.75) is 18.3 Å². The highest BCUT2D eigenvalue weighted by Crippen LogP contribution is 2.26. The van der Waals surface area contributed by atoms with Gasteiger partial charge in [-0.25, -0.2) is 4.39 Å². The molecule has 0 fully saturated rings. The Balaban J connectivity index is 1.58. The van der Waals surface area contributed by atoms with Gasteiger partial charge in [-0.15, -0.1) is 10.2 Å². The summed E-state index contributed by atoms with van der Waals surface area (Å²) in [7, 11) is 0. The van der Waals surface area contributed by atoms with Crippen molar-refractivity contribution in [3.63, 3.8) is 0 Å². The molecule has 3 aromatic rings. The van der Waals surface area contributed by atoms with Gasteiger partial charge < -0.3 is 9.15 Å². The maximum atomic E-state index is 13.6. The van der Waals surface area contributed by atoms with Gasteiger partial charge in [0.25, 0.3) is 11.1 Å². The number of hydrogen-bond donors (Lipinski definition) is 0. The number of para-hydroxylation sites is 1. The largest absolute Gasteiger partial charge is 0.478 e. The number of ketones is 1. The van der Waals surface area contributed by atoms with E-state index in [0.29, 0.717) is 10.6 Å². The molecule has 2 aromatic carbocycles. The minimum Gasteiger partial charge on any atom is -0.478 e. The molecular formula is C18H14ClFN2O3S. The van der Waals surface area contributed by atoms with E-state index in [0.717, 1.165) is 11.8 Å². The molecule has 1 aromatic heterocycles. The normalized spacial score (nSPS) is 12.0.